The first-order valence-electron chi connectivity index (χ1n) is 7.86. The van der Waals surface area contributed by atoms with E-state index in [0.717, 1.165) is 4.90 Å². The Bertz CT molecular complexity index is 781. The number of rotatable bonds is 7. The van der Waals surface area contributed by atoms with Gasteiger partial charge in [0.05, 0.1) is 0 Å². The Morgan fingerprint density at radius 1 is 1.00 bits per heavy atom. The van der Waals surface area contributed by atoms with Gasteiger partial charge in [-0.25, -0.2) is 0 Å². The van der Waals surface area contributed by atoms with Crippen LogP contribution in [0.1, 0.15) is 16.8 Å². The fourth-order valence-corrected chi connectivity index (χ4v) is 2.98. The molecular formula is C18H16ClF3N2O2S. The first kappa shape index (κ1) is 21.1. The zero-order valence-electron chi connectivity index (χ0n) is 14.0. The molecule has 9 heteroatoms. The smallest absolute Gasteiger partial charge is 0.343 e. The van der Waals surface area contributed by atoms with E-state index < -0.39 is 18.6 Å². The molecule has 144 valence electrons. The maximum Gasteiger partial charge on any atom is 0.405 e. The summed E-state index contributed by atoms with van der Waals surface area (Å²) >= 11 is 7.32. The molecule has 0 saturated heterocycles. The molecule has 0 heterocycles. The van der Waals surface area contributed by atoms with E-state index >= 15 is 0 Å². The van der Waals surface area contributed by atoms with Crippen molar-refractivity contribution >= 4 is 40.9 Å². The molecule has 2 rings (SSSR count). The van der Waals surface area contributed by atoms with Gasteiger partial charge in [0.15, 0.2) is 0 Å². The quantitative estimate of drug-likeness (QED) is 0.640. The molecule has 0 atom stereocenters. The number of nitrogens with one attached hydrogen (secondary N) is 2. The minimum Gasteiger partial charge on any atom is -0.343 e. The molecule has 0 aromatic heterocycles. The summed E-state index contributed by atoms with van der Waals surface area (Å²) in [5, 5.41) is 5.10. The van der Waals surface area contributed by atoms with E-state index in [1.165, 1.54) is 36.0 Å². The Kier molecular flexibility index (Phi) is 7.55. The van der Waals surface area contributed by atoms with Crippen LogP contribution < -0.4 is 10.6 Å². The second-order valence-electron chi connectivity index (χ2n) is 5.48. The van der Waals surface area contributed by atoms with Crippen LogP contribution in [0, 0.1) is 0 Å². The number of hydrogen-bond acceptors (Lipinski definition) is 3. The van der Waals surface area contributed by atoms with Crippen molar-refractivity contribution in [3.05, 3.63) is 59.1 Å². The Morgan fingerprint density at radius 3 is 2.22 bits per heavy atom. The molecule has 0 spiro atoms. The highest BCUT2D eigenvalue weighted by molar-refractivity contribution is 7.99. The van der Waals surface area contributed by atoms with E-state index in [2.05, 4.69) is 5.32 Å². The van der Waals surface area contributed by atoms with Crippen LogP contribution in [0.2, 0.25) is 5.02 Å². The van der Waals surface area contributed by atoms with E-state index in [0.29, 0.717) is 16.5 Å². The Balaban J connectivity index is 1.77. The number of carbonyl (C=O) groups excluding carboxylic acids is 2. The number of halogens is 4. The molecule has 0 radical (unpaired) electrons. The van der Waals surface area contributed by atoms with E-state index in [9.17, 15) is 22.8 Å². The van der Waals surface area contributed by atoms with Crippen molar-refractivity contribution in [3.63, 3.8) is 0 Å². The standard InChI is InChI=1S/C18H16ClF3N2O2S/c19-13-3-7-15(8-4-13)27-10-9-16(25)24-14-5-1-12(2-6-14)17(26)23-11-18(20,21)22/h1-8H,9-11H2,(H,23,26)(H,24,25). The SMILES string of the molecule is O=C(CCSc1ccc(Cl)cc1)Nc1ccc(C(=O)NCC(F)(F)F)cc1. The summed E-state index contributed by atoms with van der Waals surface area (Å²) in [6.45, 7) is -1.39. The van der Waals surface area contributed by atoms with Crippen molar-refractivity contribution in [1.82, 2.24) is 5.32 Å². The lowest BCUT2D eigenvalue weighted by Crippen LogP contribution is -2.33. The van der Waals surface area contributed by atoms with Gasteiger partial charge < -0.3 is 10.6 Å². The molecule has 0 saturated carbocycles. The summed E-state index contributed by atoms with van der Waals surface area (Å²) in [4.78, 5) is 24.6. The van der Waals surface area contributed by atoms with Crippen molar-refractivity contribution in [1.29, 1.82) is 0 Å². The third kappa shape index (κ3) is 7.92. The Morgan fingerprint density at radius 2 is 1.63 bits per heavy atom. The fourth-order valence-electron chi connectivity index (χ4n) is 2.00. The highest BCUT2D eigenvalue weighted by Crippen LogP contribution is 2.21. The number of carbonyl (C=O) groups is 2. The predicted octanol–water partition coefficient (Wildman–Crippen LogP) is 4.75. The third-order valence-corrected chi connectivity index (χ3v) is 4.56. The molecule has 0 bridgehead atoms. The fraction of sp³-hybridized carbons (Fsp3) is 0.222. The molecular weight excluding hydrogens is 401 g/mol. The number of benzene rings is 2. The molecule has 0 fully saturated rings. The van der Waals surface area contributed by atoms with Crippen molar-refractivity contribution in [2.75, 3.05) is 17.6 Å². The summed E-state index contributed by atoms with van der Waals surface area (Å²) in [6, 6.07) is 12.9. The van der Waals surface area contributed by atoms with Crippen LogP contribution in [0.3, 0.4) is 0 Å². The van der Waals surface area contributed by atoms with Gasteiger partial charge in [0.25, 0.3) is 5.91 Å². The van der Waals surface area contributed by atoms with Crippen molar-refractivity contribution in [2.45, 2.75) is 17.5 Å². The highest BCUT2D eigenvalue weighted by Gasteiger charge is 2.27. The molecule has 2 amide bonds. The topological polar surface area (TPSA) is 58.2 Å². The van der Waals surface area contributed by atoms with Crippen LogP contribution in [0.4, 0.5) is 18.9 Å². The lowest BCUT2D eigenvalue weighted by Gasteiger charge is -2.09. The molecule has 2 N–H and O–H groups in total. The van der Waals surface area contributed by atoms with Gasteiger partial charge in [0, 0.05) is 33.3 Å². The Hall–Kier alpha value is -2.19. The van der Waals surface area contributed by atoms with Gasteiger partial charge in [-0.3, -0.25) is 9.59 Å². The maximum atomic E-state index is 12.1. The number of anilines is 1. The minimum absolute atomic E-state index is 0.0792. The van der Waals surface area contributed by atoms with Gasteiger partial charge in [-0.05, 0) is 48.5 Å². The van der Waals surface area contributed by atoms with Gasteiger partial charge in [0.1, 0.15) is 6.54 Å². The first-order chi connectivity index (χ1) is 12.7. The highest BCUT2D eigenvalue weighted by atomic mass is 35.5. The number of hydrogen-bond donors (Lipinski definition) is 2. The average Bonchev–Trinajstić information content (AvgIpc) is 2.61. The summed E-state index contributed by atoms with van der Waals surface area (Å²) in [5.74, 6) is -0.457. The summed E-state index contributed by atoms with van der Waals surface area (Å²) in [7, 11) is 0. The average molecular weight is 417 g/mol. The third-order valence-electron chi connectivity index (χ3n) is 3.29. The van der Waals surface area contributed by atoms with Gasteiger partial charge >= 0.3 is 6.18 Å². The van der Waals surface area contributed by atoms with Crippen molar-refractivity contribution < 1.29 is 22.8 Å². The van der Waals surface area contributed by atoms with Crippen LogP contribution >= 0.6 is 23.4 Å². The van der Waals surface area contributed by atoms with Gasteiger partial charge in [-0.1, -0.05) is 11.6 Å². The van der Waals surface area contributed by atoms with Gasteiger partial charge in [0.2, 0.25) is 5.91 Å². The normalized spacial score (nSPS) is 11.1. The second-order valence-corrected chi connectivity index (χ2v) is 7.08. The van der Waals surface area contributed by atoms with Crippen LogP contribution in [0.25, 0.3) is 0 Å². The lowest BCUT2D eigenvalue weighted by molar-refractivity contribution is -0.123. The number of amides is 2. The molecule has 27 heavy (non-hydrogen) atoms. The molecule has 0 aliphatic carbocycles. The molecule has 0 unspecified atom stereocenters. The van der Waals surface area contributed by atoms with E-state index in [1.54, 1.807) is 17.4 Å². The zero-order valence-corrected chi connectivity index (χ0v) is 15.5. The maximum absolute atomic E-state index is 12.1. The number of thioether (sulfide) groups is 1. The zero-order chi connectivity index (χ0) is 19.9. The second kappa shape index (κ2) is 9.66. The van der Waals surface area contributed by atoms with Crippen molar-refractivity contribution in [3.8, 4) is 0 Å². The van der Waals surface area contributed by atoms with Gasteiger partial charge in [-0.15, -0.1) is 11.8 Å². The number of alkyl halides is 3. The monoisotopic (exact) mass is 416 g/mol. The van der Waals surface area contributed by atoms with Crippen LogP contribution in [0.5, 0.6) is 0 Å². The van der Waals surface area contributed by atoms with E-state index in [-0.39, 0.29) is 17.9 Å². The van der Waals surface area contributed by atoms with Crippen molar-refractivity contribution in [2.24, 2.45) is 0 Å². The molecule has 4 nitrogen and oxygen atoms in total. The lowest BCUT2D eigenvalue weighted by atomic mass is 10.2. The molecule has 2 aromatic carbocycles. The van der Waals surface area contributed by atoms with Crippen LogP contribution in [0.15, 0.2) is 53.4 Å². The predicted molar refractivity (Wildman–Crippen MR) is 100 cm³/mol. The summed E-state index contributed by atoms with van der Waals surface area (Å²) in [5.41, 5.74) is 0.541. The molecule has 0 aliphatic rings. The van der Waals surface area contributed by atoms with Crippen LogP contribution in [-0.4, -0.2) is 30.3 Å². The molecule has 2 aromatic rings. The van der Waals surface area contributed by atoms with Gasteiger partial charge in [-0.2, -0.15) is 13.2 Å². The van der Waals surface area contributed by atoms with E-state index in [1.807, 2.05) is 12.1 Å². The minimum atomic E-state index is -4.46. The molecule has 0 aliphatic heterocycles. The largest absolute Gasteiger partial charge is 0.405 e. The first-order valence-corrected chi connectivity index (χ1v) is 9.22. The summed E-state index contributed by atoms with van der Waals surface area (Å²) in [6.07, 6.45) is -4.19. The van der Waals surface area contributed by atoms with Crippen LogP contribution in [-0.2, 0) is 4.79 Å². The van der Waals surface area contributed by atoms with E-state index in [4.69, 9.17) is 11.6 Å². The summed E-state index contributed by atoms with van der Waals surface area (Å²) < 4.78 is 36.3. The Labute approximate surface area is 163 Å².